The van der Waals surface area contributed by atoms with E-state index in [0.717, 1.165) is 58.9 Å². The van der Waals surface area contributed by atoms with Gasteiger partial charge in [-0.05, 0) is 38.7 Å². The summed E-state index contributed by atoms with van der Waals surface area (Å²) in [6.07, 6.45) is 8.98. The molecule has 28 heavy (non-hydrogen) atoms. The highest BCUT2D eigenvalue weighted by atomic mass is 16.5. The van der Waals surface area contributed by atoms with E-state index in [2.05, 4.69) is 15.3 Å². The third-order valence-corrected chi connectivity index (χ3v) is 5.33. The third kappa shape index (κ3) is 3.73. The largest absolute Gasteiger partial charge is 0.619 e. The molecule has 0 radical (unpaired) electrons. The van der Waals surface area contributed by atoms with Gasteiger partial charge in [-0.15, -0.1) is 0 Å². The van der Waals surface area contributed by atoms with Gasteiger partial charge in [0.25, 0.3) is 0 Å². The summed E-state index contributed by atoms with van der Waals surface area (Å²) in [6, 6.07) is 5.97. The molecule has 0 spiro atoms. The average Bonchev–Trinajstić information content (AvgIpc) is 3.08. The SMILES string of the molecule is Cc1cnn2c(NCc3ccc[n+]([O-])c3)cc(N3CCCC[C@H]3CCO)nc12. The van der Waals surface area contributed by atoms with Crippen molar-refractivity contribution in [2.75, 3.05) is 23.4 Å². The number of anilines is 2. The van der Waals surface area contributed by atoms with E-state index in [9.17, 15) is 10.3 Å². The Morgan fingerprint density at radius 3 is 3.11 bits per heavy atom. The van der Waals surface area contributed by atoms with E-state index >= 15 is 0 Å². The second-order valence-electron chi connectivity index (χ2n) is 7.34. The van der Waals surface area contributed by atoms with Crippen molar-refractivity contribution in [2.45, 2.75) is 45.2 Å². The van der Waals surface area contributed by atoms with Crippen LogP contribution >= 0.6 is 0 Å². The monoisotopic (exact) mass is 382 g/mol. The number of aromatic nitrogens is 4. The standard InChI is InChI=1S/C20H26N6O2/c1-15-12-22-26-18(21-13-16-5-4-8-24(28)14-16)11-19(23-20(15)26)25-9-3-2-6-17(25)7-10-27/h4-5,8,11-12,14,17,21,27H,2-3,6-7,9-10,13H2,1H3/t17-/m0/s1. The minimum atomic E-state index is 0.184. The molecular weight excluding hydrogens is 356 g/mol. The summed E-state index contributed by atoms with van der Waals surface area (Å²) in [6.45, 7) is 3.64. The van der Waals surface area contributed by atoms with Crippen LogP contribution in [0.15, 0.2) is 36.8 Å². The van der Waals surface area contributed by atoms with Crippen LogP contribution in [-0.2, 0) is 6.54 Å². The molecule has 1 saturated heterocycles. The number of fused-ring (bicyclic) bond motifs is 1. The molecule has 0 unspecified atom stereocenters. The Balaban J connectivity index is 1.67. The molecule has 8 nitrogen and oxygen atoms in total. The molecular formula is C20H26N6O2. The first-order valence-corrected chi connectivity index (χ1v) is 9.80. The summed E-state index contributed by atoms with van der Waals surface area (Å²) >= 11 is 0. The fourth-order valence-corrected chi connectivity index (χ4v) is 3.88. The first-order chi connectivity index (χ1) is 13.7. The second kappa shape index (κ2) is 8.02. The molecule has 3 aromatic rings. The molecule has 0 bridgehead atoms. The number of hydrogen-bond acceptors (Lipinski definition) is 6. The lowest BCUT2D eigenvalue weighted by Crippen LogP contribution is -2.40. The number of nitrogens with one attached hydrogen (secondary N) is 1. The van der Waals surface area contributed by atoms with Crippen molar-refractivity contribution in [3.05, 3.63) is 53.1 Å². The van der Waals surface area contributed by atoms with Crippen LogP contribution in [0, 0.1) is 12.1 Å². The molecule has 0 aromatic carbocycles. The van der Waals surface area contributed by atoms with E-state index in [4.69, 9.17) is 4.98 Å². The van der Waals surface area contributed by atoms with Crippen molar-refractivity contribution in [2.24, 2.45) is 0 Å². The molecule has 1 aliphatic heterocycles. The maximum atomic E-state index is 11.5. The number of piperidine rings is 1. The summed E-state index contributed by atoms with van der Waals surface area (Å²) in [5, 5.41) is 28.8. The van der Waals surface area contributed by atoms with Gasteiger partial charge in [0, 0.05) is 49.0 Å². The van der Waals surface area contributed by atoms with E-state index in [1.807, 2.05) is 25.3 Å². The van der Waals surface area contributed by atoms with E-state index in [0.29, 0.717) is 12.6 Å². The van der Waals surface area contributed by atoms with E-state index in [1.54, 1.807) is 16.8 Å². The highest BCUT2D eigenvalue weighted by Gasteiger charge is 2.24. The lowest BCUT2D eigenvalue weighted by molar-refractivity contribution is -0.605. The molecule has 1 atom stereocenters. The van der Waals surface area contributed by atoms with Crippen LogP contribution in [0.3, 0.4) is 0 Å². The van der Waals surface area contributed by atoms with Gasteiger partial charge in [-0.1, -0.05) is 0 Å². The minimum absolute atomic E-state index is 0.184. The first kappa shape index (κ1) is 18.5. The summed E-state index contributed by atoms with van der Waals surface area (Å²) in [5.41, 5.74) is 2.72. The number of aryl methyl sites for hydroxylation is 1. The zero-order valence-electron chi connectivity index (χ0n) is 16.1. The Morgan fingerprint density at radius 2 is 2.29 bits per heavy atom. The number of aliphatic hydroxyl groups excluding tert-OH is 1. The summed E-state index contributed by atoms with van der Waals surface area (Å²) in [7, 11) is 0. The van der Waals surface area contributed by atoms with E-state index in [1.165, 1.54) is 12.6 Å². The first-order valence-electron chi connectivity index (χ1n) is 9.80. The predicted octanol–water partition coefficient (Wildman–Crippen LogP) is 2.02. The molecule has 8 heteroatoms. The van der Waals surface area contributed by atoms with Gasteiger partial charge in [-0.2, -0.15) is 14.3 Å². The zero-order valence-corrected chi connectivity index (χ0v) is 16.1. The fraction of sp³-hybridized carbons (Fsp3) is 0.450. The smallest absolute Gasteiger partial charge is 0.185 e. The van der Waals surface area contributed by atoms with Gasteiger partial charge in [0.05, 0.1) is 6.20 Å². The quantitative estimate of drug-likeness (QED) is 0.501. The van der Waals surface area contributed by atoms with Crippen LogP contribution in [0.25, 0.3) is 5.65 Å². The van der Waals surface area contributed by atoms with Crippen molar-refractivity contribution >= 4 is 17.3 Å². The summed E-state index contributed by atoms with van der Waals surface area (Å²) < 4.78 is 2.61. The molecule has 0 aliphatic carbocycles. The number of aliphatic hydroxyl groups is 1. The lowest BCUT2D eigenvalue weighted by atomic mass is 9.99. The van der Waals surface area contributed by atoms with Gasteiger partial charge in [0.2, 0.25) is 0 Å². The molecule has 1 fully saturated rings. The Morgan fingerprint density at radius 1 is 1.39 bits per heavy atom. The van der Waals surface area contributed by atoms with E-state index < -0.39 is 0 Å². The Labute approximate surface area is 164 Å². The van der Waals surface area contributed by atoms with Crippen molar-refractivity contribution < 1.29 is 9.84 Å². The number of pyridine rings is 1. The van der Waals surface area contributed by atoms with Crippen LogP contribution in [0.5, 0.6) is 0 Å². The highest BCUT2D eigenvalue weighted by molar-refractivity contribution is 5.61. The molecule has 2 N–H and O–H groups in total. The molecule has 4 rings (SSSR count). The Kier molecular flexibility index (Phi) is 5.29. The maximum absolute atomic E-state index is 11.5. The normalized spacial score (nSPS) is 17.2. The lowest BCUT2D eigenvalue weighted by Gasteiger charge is -2.36. The van der Waals surface area contributed by atoms with Crippen molar-refractivity contribution in [3.8, 4) is 0 Å². The summed E-state index contributed by atoms with van der Waals surface area (Å²) in [4.78, 5) is 7.18. The van der Waals surface area contributed by atoms with Crippen LogP contribution in [0.4, 0.5) is 11.6 Å². The zero-order chi connectivity index (χ0) is 19.5. The van der Waals surface area contributed by atoms with Crippen LogP contribution in [0.2, 0.25) is 0 Å². The molecule has 0 saturated carbocycles. The van der Waals surface area contributed by atoms with Crippen molar-refractivity contribution in [1.29, 1.82) is 0 Å². The Hall–Kier alpha value is -2.87. The molecule has 1 aliphatic rings. The van der Waals surface area contributed by atoms with Gasteiger partial charge >= 0.3 is 0 Å². The van der Waals surface area contributed by atoms with Gasteiger partial charge in [0.1, 0.15) is 11.6 Å². The minimum Gasteiger partial charge on any atom is -0.619 e. The van der Waals surface area contributed by atoms with Crippen LogP contribution < -0.4 is 14.9 Å². The second-order valence-corrected chi connectivity index (χ2v) is 7.34. The third-order valence-electron chi connectivity index (χ3n) is 5.33. The Bertz CT molecular complexity index is 955. The van der Waals surface area contributed by atoms with Gasteiger partial charge in [-0.25, -0.2) is 4.98 Å². The number of hydrogen-bond donors (Lipinski definition) is 2. The average molecular weight is 382 g/mol. The molecule has 4 heterocycles. The van der Waals surface area contributed by atoms with Crippen LogP contribution in [-0.4, -0.2) is 38.9 Å². The topological polar surface area (TPSA) is 92.6 Å². The fourth-order valence-electron chi connectivity index (χ4n) is 3.88. The number of nitrogens with zero attached hydrogens (tertiary/aromatic N) is 5. The van der Waals surface area contributed by atoms with Gasteiger partial charge in [-0.3, -0.25) is 0 Å². The van der Waals surface area contributed by atoms with E-state index in [-0.39, 0.29) is 6.61 Å². The highest BCUT2D eigenvalue weighted by Crippen LogP contribution is 2.28. The predicted molar refractivity (Wildman–Crippen MR) is 107 cm³/mol. The molecule has 148 valence electrons. The van der Waals surface area contributed by atoms with Gasteiger partial charge < -0.3 is 20.5 Å². The van der Waals surface area contributed by atoms with Crippen molar-refractivity contribution in [1.82, 2.24) is 14.6 Å². The maximum Gasteiger partial charge on any atom is 0.185 e. The summed E-state index contributed by atoms with van der Waals surface area (Å²) in [5.74, 6) is 1.74. The van der Waals surface area contributed by atoms with Crippen LogP contribution in [0.1, 0.15) is 36.8 Å². The number of rotatable bonds is 6. The molecule has 3 aromatic heterocycles. The van der Waals surface area contributed by atoms with Gasteiger partial charge in [0.15, 0.2) is 18.0 Å². The molecule has 0 amide bonds. The van der Waals surface area contributed by atoms with Crippen molar-refractivity contribution in [3.63, 3.8) is 0 Å².